The third kappa shape index (κ3) is 2.98. The largest absolute Gasteiger partial charge is 0.333 e. The number of carbonyl (C=O) groups is 1. The maximum atomic E-state index is 12.2. The Morgan fingerprint density at radius 2 is 2.20 bits per heavy atom. The predicted octanol–water partition coefficient (Wildman–Crippen LogP) is 1.77. The number of nitrogens with zero attached hydrogens (tertiary/aromatic N) is 1. The molecule has 0 unspecified atom stereocenters. The number of rotatable bonds is 2. The summed E-state index contributed by atoms with van der Waals surface area (Å²) in [6.07, 6.45) is 0. The van der Waals surface area contributed by atoms with Gasteiger partial charge in [-0.2, -0.15) is 0 Å². The number of thiophene rings is 1. The van der Waals surface area contributed by atoms with Crippen molar-refractivity contribution in [1.82, 2.24) is 10.2 Å². The van der Waals surface area contributed by atoms with Gasteiger partial charge in [0.25, 0.3) is 0 Å². The summed E-state index contributed by atoms with van der Waals surface area (Å²) in [5.41, 5.74) is 1.16. The number of carbonyl (C=O) groups excluding carboxylic acids is 1. The van der Waals surface area contributed by atoms with Crippen LogP contribution in [0.25, 0.3) is 0 Å². The summed E-state index contributed by atoms with van der Waals surface area (Å²) in [6.45, 7) is 6.23. The van der Waals surface area contributed by atoms with Crippen LogP contribution >= 0.6 is 11.3 Å². The molecule has 0 saturated carbocycles. The van der Waals surface area contributed by atoms with E-state index in [4.69, 9.17) is 0 Å². The molecule has 1 aromatic rings. The third-order valence-electron chi connectivity index (χ3n) is 3.98. The van der Waals surface area contributed by atoms with Gasteiger partial charge in [0.05, 0.1) is 17.5 Å². The molecule has 1 aliphatic rings. The van der Waals surface area contributed by atoms with Crippen molar-refractivity contribution in [3.05, 3.63) is 21.9 Å². The van der Waals surface area contributed by atoms with E-state index in [0.29, 0.717) is 6.54 Å². The second-order valence-corrected chi connectivity index (χ2v) is 8.67. The fraction of sp³-hybridized carbons (Fsp3) is 0.615. The average Bonchev–Trinajstić information content (AvgIpc) is 2.79. The van der Waals surface area contributed by atoms with Crippen molar-refractivity contribution in [3.8, 4) is 0 Å². The number of nitrogens with one attached hydrogen (secondary N) is 1. The molecular formula is C13H20N2O3S2. The molecule has 2 amide bonds. The van der Waals surface area contributed by atoms with Crippen molar-refractivity contribution in [3.63, 3.8) is 0 Å². The summed E-state index contributed by atoms with van der Waals surface area (Å²) in [4.78, 5) is 14.9. The monoisotopic (exact) mass is 316 g/mol. The van der Waals surface area contributed by atoms with E-state index in [-0.39, 0.29) is 24.4 Å². The number of urea groups is 1. The summed E-state index contributed by atoms with van der Waals surface area (Å²) in [6, 6.07) is 1.54. The first-order chi connectivity index (χ1) is 9.33. The number of hydrogen-bond donors (Lipinski definition) is 1. The molecular weight excluding hydrogens is 296 g/mol. The van der Waals surface area contributed by atoms with Crippen LogP contribution in [0.4, 0.5) is 4.79 Å². The van der Waals surface area contributed by atoms with Gasteiger partial charge in [-0.05, 0) is 37.8 Å². The van der Waals surface area contributed by atoms with Gasteiger partial charge < -0.3 is 10.2 Å². The van der Waals surface area contributed by atoms with Gasteiger partial charge in [0.15, 0.2) is 9.84 Å². The summed E-state index contributed by atoms with van der Waals surface area (Å²) in [7, 11) is -3.06. The Balaban J connectivity index is 1.98. The van der Waals surface area contributed by atoms with Gasteiger partial charge in [-0.1, -0.05) is 0 Å². The van der Waals surface area contributed by atoms with Gasteiger partial charge >= 0.3 is 6.03 Å². The molecule has 0 bridgehead atoms. The van der Waals surface area contributed by atoms with Crippen molar-refractivity contribution in [1.29, 1.82) is 0 Å². The van der Waals surface area contributed by atoms with Crippen LogP contribution in [0.15, 0.2) is 11.4 Å². The molecule has 0 radical (unpaired) electrons. The molecule has 1 aliphatic heterocycles. The molecule has 20 heavy (non-hydrogen) atoms. The van der Waals surface area contributed by atoms with Gasteiger partial charge in [-0.25, -0.2) is 13.2 Å². The van der Waals surface area contributed by atoms with Crippen molar-refractivity contribution in [2.45, 2.75) is 38.6 Å². The Morgan fingerprint density at radius 3 is 2.80 bits per heavy atom. The molecule has 2 heterocycles. The lowest BCUT2D eigenvalue weighted by molar-refractivity contribution is 0.178. The third-order valence-corrected chi connectivity index (χ3v) is 7.28. The van der Waals surface area contributed by atoms with E-state index < -0.39 is 15.1 Å². The molecule has 1 aromatic heterocycles. The Bertz CT molecular complexity index is 595. The molecule has 7 heteroatoms. The van der Waals surface area contributed by atoms with Crippen LogP contribution in [-0.4, -0.2) is 42.9 Å². The van der Waals surface area contributed by atoms with E-state index in [0.717, 1.165) is 10.4 Å². The number of aryl methyl sites for hydroxylation is 1. The standard InChI is InChI=1S/C13H20N2O3S2/c1-9-4-6-19-12(9)8-14-13(16)15-5-7-20(17,18)11(3)10(15)2/h4,6,10-11H,5,7-8H2,1-3H3,(H,14,16)/t10-,11+/m1/s1. The van der Waals surface area contributed by atoms with Gasteiger partial charge in [0, 0.05) is 17.5 Å². The quantitative estimate of drug-likeness (QED) is 0.904. The molecule has 2 atom stereocenters. The van der Waals surface area contributed by atoms with Gasteiger partial charge in [-0.15, -0.1) is 11.3 Å². The topological polar surface area (TPSA) is 66.5 Å². The number of sulfone groups is 1. The van der Waals surface area contributed by atoms with Crippen LogP contribution in [0.3, 0.4) is 0 Å². The minimum atomic E-state index is -3.06. The lowest BCUT2D eigenvalue weighted by atomic mass is 10.2. The first-order valence-corrected chi connectivity index (χ1v) is 9.21. The zero-order valence-electron chi connectivity index (χ0n) is 11.9. The van der Waals surface area contributed by atoms with Crippen LogP contribution in [0.2, 0.25) is 0 Å². The average molecular weight is 316 g/mol. The van der Waals surface area contributed by atoms with E-state index in [2.05, 4.69) is 5.32 Å². The van der Waals surface area contributed by atoms with E-state index in [9.17, 15) is 13.2 Å². The zero-order valence-corrected chi connectivity index (χ0v) is 13.6. The van der Waals surface area contributed by atoms with E-state index in [1.165, 1.54) is 0 Å². The Morgan fingerprint density at radius 1 is 1.50 bits per heavy atom. The van der Waals surface area contributed by atoms with Crippen molar-refractivity contribution < 1.29 is 13.2 Å². The molecule has 112 valence electrons. The fourth-order valence-electron chi connectivity index (χ4n) is 2.30. The Hall–Kier alpha value is -1.08. The minimum Gasteiger partial charge on any atom is -0.333 e. The van der Waals surface area contributed by atoms with Crippen molar-refractivity contribution in [2.75, 3.05) is 12.3 Å². The second-order valence-electron chi connectivity index (χ2n) is 5.19. The van der Waals surface area contributed by atoms with Crippen LogP contribution in [-0.2, 0) is 16.4 Å². The van der Waals surface area contributed by atoms with Gasteiger partial charge in [0.2, 0.25) is 0 Å². The number of hydrogen-bond acceptors (Lipinski definition) is 4. The summed E-state index contributed by atoms with van der Waals surface area (Å²) >= 11 is 1.61. The Labute approximate surface area is 123 Å². The summed E-state index contributed by atoms with van der Waals surface area (Å²) < 4.78 is 23.6. The molecule has 0 aromatic carbocycles. The molecule has 0 aliphatic carbocycles. The highest BCUT2D eigenvalue weighted by molar-refractivity contribution is 7.92. The maximum Gasteiger partial charge on any atom is 0.318 e. The van der Waals surface area contributed by atoms with E-state index >= 15 is 0 Å². The highest BCUT2D eigenvalue weighted by Crippen LogP contribution is 2.20. The van der Waals surface area contributed by atoms with Crippen LogP contribution in [0.1, 0.15) is 24.3 Å². The lowest BCUT2D eigenvalue weighted by Crippen LogP contribution is -2.56. The van der Waals surface area contributed by atoms with E-state index in [1.807, 2.05) is 18.4 Å². The van der Waals surface area contributed by atoms with Gasteiger partial charge in [-0.3, -0.25) is 0 Å². The summed E-state index contributed by atoms with van der Waals surface area (Å²) in [5.74, 6) is 0.0456. The molecule has 1 saturated heterocycles. The number of amides is 2. The van der Waals surface area contributed by atoms with E-state index in [1.54, 1.807) is 30.1 Å². The van der Waals surface area contributed by atoms with Crippen LogP contribution < -0.4 is 5.32 Å². The normalized spacial score (nSPS) is 25.4. The fourth-order valence-corrected chi connectivity index (χ4v) is 4.71. The lowest BCUT2D eigenvalue weighted by Gasteiger charge is -2.37. The second kappa shape index (κ2) is 5.73. The van der Waals surface area contributed by atoms with Gasteiger partial charge in [0.1, 0.15) is 0 Å². The Kier molecular flexibility index (Phi) is 4.39. The smallest absolute Gasteiger partial charge is 0.318 e. The first kappa shape index (κ1) is 15.3. The molecule has 5 nitrogen and oxygen atoms in total. The van der Waals surface area contributed by atoms with Crippen molar-refractivity contribution >= 4 is 27.2 Å². The first-order valence-electron chi connectivity index (χ1n) is 6.62. The minimum absolute atomic E-state index is 0.0456. The molecule has 0 spiro atoms. The molecule has 1 N–H and O–H groups in total. The highest BCUT2D eigenvalue weighted by atomic mass is 32.2. The van der Waals surface area contributed by atoms with Crippen LogP contribution in [0.5, 0.6) is 0 Å². The highest BCUT2D eigenvalue weighted by Gasteiger charge is 2.37. The maximum absolute atomic E-state index is 12.2. The SMILES string of the molecule is Cc1ccsc1CNC(=O)N1CCS(=O)(=O)[C@@H](C)[C@H]1C. The van der Waals surface area contributed by atoms with Crippen LogP contribution in [0, 0.1) is 6.92 Å². The summed E-state index contributed by atoms with van der Waals surface area (Å²) in [5, 5.41) is 4.36. The van der Waals surface area contributed by atoms with Crippen molar-refractivity contribution in [2.24, 2.45) is 0 Å². The molecule has 1 fully saturated rings. The molecule has 2 rings (SSSR count). The predicted molar refractivity (Wildman–Crippen MR) is 80.7 cm³/mol. The zero-order chi connectivity index (χ0) is 14.9.